The number of ether oxygens (including phenoxy) is 2. The standard InChI is InChI=1S/C15H18BrClO2/c1-9-8-18-4-3-12(9)14(16)13-7-11(17)6-10-2-5-19-15(10)13/h6-7,9,12,14H,2-5,8H2,1H3. The molecule has 0 bridgehead atoms. The molecule has 104 valence electrons. The van der Waals surface area contributed by atoms with Crippen molar-refractivity contribution in [2.75, 3.05) is 19.8 Å². The van der Waals surface area contributed by atoms with Gasteiger partial charge in [0.2, 0.25) is 0 Å². The quantitative estimate of drug-likeness (QED) is 0.740. The molecule has 3 rings (SSSR count). The molecule has 0 saturated carbocycles. The zero-order chi connectivity index (χ0) is 13.4. The molecule has 3 unspecified atom stereocenters. The molecule has 2 nitrogen and oxygen atoms in total. The van der Waals surface area contributed by atoms with Gasteiger partial charge in [-0.25, -0.2) is 0 Å². The van der Waals surface area contributed by atoms with E-state index >= 15 is 0 Å². The highest BCUT2D eigenvalue weighted by Gasteiger charge is 2.32. The zero-order valence-electron chi connectivity index (χ0n) is 11.0. The molecule has 2 aliphatic rings. The summed E-state index contributed by atoms with van der Waals surface area (Å²) in [5, 5.41) is 0.809. The molecule has 0 spiro atoms. The number of alkyl halides is 1. The molecule has 0 aromatic heterocycles. The van der Waals surface area contributed by atoms with Crippen LogP contribution in [0.1, 0.15) is 29.3 Å². The molecule has 0 aliphatic carbocycles. The number of hydrogen-bond donors (Lipinski definition) is 0. The number of hydrogen-bond acceptors (Lipinski definition) is 2. The van der Waals surface area contributed by atoms with E-state index in [1.165, 1.54) is 11.1 Å². The Morgan fingerprint density at radius 1 is 1.37 bits per heavy atom. The summed E-state index contributed by atoms with van der Waals surface area (Å²) in [7, 11) is 0. The van der Waals surface area contributed by atoms with Gasteiger partial charge in [-0.1, -0.05) is 34.5 Å². The van der Waals surface area contributed by atoms with E-state index in [2.05, 4.69) is 22.9 Å². The molecule has 1 saturated heterocycles. The van der Waals surface area contributed by atoms with Crippen LogP contribution in [0, 0.1) is 11.8 Å². The van der Waals surface area contributed by atoms with Crippen molar-refractivity contribution in [3.05, 3.63) is 28.3 Å². The third-order valence-corrected chi connectivity index (χ3v) is 5.55. The van der Waals surface area contributed by atoms with Gasteiger partial charge in [-0.3, -0.25) is 0 Å². The molecular formula is C15H18BrClO2. The highest BCUT2D eigenvalue weighted by atomic mass is 79.9. The average Bonchev–Trinajstić information content (AvgIpc) is 2.85. The van der Waals surface area contributed by atoms with Gasteiger partial charge in [0.15, 0.2) is 0 Å². The molecule has 3 atom stereocenters. The van der Waals surface area contributed by atoms with E-state index < -0.39 is 0 Å². The Morgan fingerprint density at radius 2 is 2.21 bits per heavy atom. The van der Waals surface area contributed by atoms with E-state index in [0.29, 0.717) is 11.8 Å². The maximum atomic E-state index is 6.25. The highest BCUT2D eigenvalue weighted by molar-refractivity contribution is 9.09. The number of halogens is 2. The van der Waals surface area contributed by atoms with Gasteiger partial charge in [-0.15, -0.1) is 0 Å². The first-order valence-corrected chi connectivity index (χ1v) is 8.13. The van der Waals surface area contributed by atoms with E-state index in [9.17, 15) is 0 Å². The average molecular weight is 346 g/mol. The highest BCUT2D eigenvalue weighted by Crippen LogP contribution is 2.46. The lowest BCUT2D eigenvalue weighted by atomic mass is 9.84. The van der Waals surface area contributed by atoms with Gasteiger partial charge in [0.05, 0.1) is 6.61 Å². The Hall–Kier alpha value is -0.250. The molecule has 1 aromatic rings. The molecule has 0 N–H and O–H groups in total. The van der Waals surface area contributed by atoms with Gasteiger partial charge in [0.25, 0.3) is 0 Å². The van der Waals surface area contributed by atoms with Gasteiger partial charge >= 0.3 is 0 Å². The van der Waals surface area contributed by atoms with Crippen molar-refractivity contribution in [1.29, 1.82) is 0 Å². The van der Waals surface area contributed by atoms with Crippen LogP contribution in [0.5, 0.6) is 5.75 Å². The summed E-state index contributed by atoms with van der Waals surface area (Å²) < 4.78 is 11.3. The number of benzene rings is 1. The van der Waals surface area contributed by atoms with Crippen LogP contribution in [-0.2, 0) is 11.2 Å². The third kappa shape index (κ3) is 2.65. The third-order valence-electron chi connectivity index (χ3n) is 4.16. The molecule has 4 heteroatoms. The first kappa shape index (κ1) is 13.7. The monoisotopic (exact) mass is 344 g/mol. The van der Waals surface area contributed by atoms with Crippen LogP contribution in [0.4, 0.5) is 0 Å². The smallest absolute Gasteiger partial charge is 0.127 e. The van der Waals surface area contributed by atoms with Crippen molar-refractivity contribution in [3.63, 3.8) is 0 Å². The fourth-order valence-corrected chi connectivity index (χ4v) is 4.44. The second-order valence-corrected chi connectivity index (χ2v) is 6.91. The van der Waals surface area contributed by atoms with Crippen molar-refractivity contribution in [1.82, 2.24) is 0 Å². The number of fused-ring (bicyclic) bond motifs is 1. The summed E-state index contributed by atoms with van der Waals surface area (Å²) in [6.07, 6.45) is 2.05. The van der Waals surface area contributed by atoms with Gasteiger partial charge in [-0.2, -0.15) is 0 Å². The summed E-state index contributed by atoms with van der Waals surface area (Å²) >= 11 is 10.1. The molecule has 0 radical (unpaired) electrons. The van der Waals surface area contributed by atoms with Crippen molar-refractivity contribution in [2.24, 2.45) is 11.8 Å². The van der Waals surface area contributed by atoms with Crippen LogP contribution < -0.4 is 4.74 Å². The molecule has 2 heterocycles. The first-order valence-electron chi connectivity index (χ1n) is 6.83. The lowest BCUT2D eigenvalue weighted by Crippen LogP contribution is -2.28. The van der Waals surface area contributed by atoms with E-state index in [1.807, 2.05) is 12.1 Å². The van der Waals surface area contributed by atoms with Gasteiger partial charge < -0.3 is 9.47 Å². The molecule has 0 amide bonds. The lowest BCUT2D eigenvalue weighted by molar-refractivity contribution is 0.0239. The van der Waals surface area contributed by atoms with Crippen LogP contribution in [0.3, 0.4) is 0 Å². The summed E-state index contributed by atoms with van der Waals surface area (Å²) in [6.45, 7) is 4.71. The maximum Gasteiger partial charge on any atom is 0.127 e. The van der Waals surface area contributed by atoms with Crippen LogP contribution in [0.2, 0.25) is 5.02 Å². The first-order chi connectivity index (χ1) is 9.16. The normalized spacial score (nSPS) is 27.7. The predicted octanol–water partition coefficient (Wildman–Crippen LogP) is 4.38. The Balaban J connectivity index is 1.93. The zero-order valence-corrected chi connectivity index (χ0v) is 13.3. The summed E-state index contributed by atoms with van der Waals surface area (Å²) in [5.74, 6) is 2.17. The summed E-state index contributed by atoms with van der Waals surface area (Å²) in [4.78, 5) is 0.289. The minimum Gasteiger partial charge on any atom is -0.493 e. The topological polar surface area (TPSA) is 18.5 Å². The van der Waals surface area contributed by atoms with Crippen LogP contribution in [0.25, 0.3) is 0 Å². The minimum absolute atomic E-state index is 0.289. The van der Waals surface area contributed by atoms with Crippen molar-refractivity contribution in [3.8, 4) is 5.75 Å². The number of rotatable bonds is 2. The molecule has 19 heavy (non-hydrogen) atoms. The Bertz CT molecular complexity index is 477. The van der Waals surface area contributed by atoms with Crippen molar-refractivity contribution in [2.45, 2.75) is 24.6 Å². The van der Waals surface area contributed by atoms with E-state index in [4.69, 9.17) is 21.1 Å². The van der Waals surface area contributed by atoms with Crippen LogP contribution in [0.15, 0.2) is 12.1 Å². The second kappa shape index (κ2) is 5.63. The maximum absolute atomic E-state index is 6.25. The fourth-order valence-electron chi connectivity index (χ4n) is 3.06. The Morgan fingerprint density at radius 3 is 3.00 bits per heavy atom. The predicted molar refractivity (Wildman–Crippen MR) is 80.4 cm³/mol. The van der Waals surface area contributed by atoms with Crippen LogP contribution in [-0.4, -0.2) is 19.8 Å². The summed E-state index contributed by atoms with van der Waals surface area (Å²) in [5.41, 5.74) is 2.45. The lowest BCUT2D eigenvalue weighted by Gasteiger charge is -2.33. The molecule has 1 fully saturated rings. The van der Waals surface area contributed by atoms with Crippen LogP contribution >= 0.6 is 27.5 Å². The van der Waals surface area contributed by atoms with Gasteiger partial charge in [-0.05, 0) is 36.0 Å². The van der Waals surface area contributed by atoms with Crippen molar-refractivity contribution >= 4 is 27.5 Å². The summed E-state index contributed by atoms with van der Waals surface area (Å²) in [6, 6.07) is 4.08. The van der Waals surface area contributed by atoms with Gasteiger partial charge in [0, 0.05) is 35.0 Å². The van der Waals surface area contributed by atoms with Crippen molar-refractivity contribution < 1.29 is 9.47 Å². The minimum atomic E-state index is 0.289. The Labute approximate surface area is 127 Å². The van der Waals surface area contributed by atoms with E-state index in [1.54, 1.807) is 0 Å². The van der Waals surface area contributed by atoms with Gasteiger partial charge in [0.1, 0.15) is 5.75 Å². The van der Waals surface area contributed by atoms with E-state index in [-0.39, 0.29) is 4.83 Å². The second-order valence-electron chi connectivity index (χ2n) is 5.49. The Kier molecular flexibility index (Phi) is 4.06. The fraction of sp³-hybridized carbons (Fsp3) is 0.600. The molecular weight excluding hydrogens is 328 g/mol. The SMILES string of the molecule is CC1COCCC1C(Br)c1cc(Cl)cc2c1OCC2. The molecule has 1 aromatic carbocycles. The molecule has 2 aliphatic heterocycles. The van der Waals surface area contributed by atoms with E-state index in [0.717, 1.165) is 43.4 Å². The largest absolute Gasteiger partial charge is 0.493 e.